The van der Waals surface area contributed by atoms with E-state index in [1.807, 2.05) is 21.6 Å². The van der Waals surface area contributed by atoms with E-state index >= 15 is 0 Å². The molecule has 0 amide bonds. The molecule has 42 heavy (non-hydrogen) atoms. The predicted octanol–water partition coefficient (Wildman–Crippen LogP) is 3.51. The normalized spacial score (nSPS) is 28.2. The van der Waals surface area contributed by atoms with E-state index in [2.05, 4.69) is 42.6 Å². The Morgan fingerprint density at radius 2 is 1.95 bits per heavy atom. The van der Waals surface area contributed by atoms with Gasteiger partial charge in [-0.1, -0.05) is 19.6 Å². The molecule has 6 rings (SSSR count). The van der Waals surface area contributed by atoms with Gasteiger partial charge in [0.25, 0.3) is 0 Å². The second-order valence-corrected chi connectivity index (χ2v) is 19.3. The molecule has 3 aromatic rings. The standard InChI is InChI=1S/C30H47N7O4Si/c1-21-19-39-12-10-35(21)26-15-25(30(38)16-22-5-6-23(17-30)28(22)41-11-8-31)24-18-33-37(29(24)34-26)27-7-9-32-36(27)20-40-13-14-42(2,3)4/h7,9,15,18,21-23,28,38H,5-6,8,10-14,16-17,19-20,31H2,1-4H3/t21-,22?,23?,28?,30?/m1/s1. The van der Waals surface area contributed by atoms with Gasteiger partial charge in [-0.25, -0.2) is 9.67 Å². The van der Waals surface area contributed by atoms with Gasteiger partial charge in [0.15, 0.2) is 11.5 Å². The summed E-state index contributed by atoms with van der Waals surface area (Å²) in [5.74, 6) is 2.24. The fourth-order valence-electron chi connectivity index (χ4n) is 7.11. The van der Waals surface area contributed by atoms with Gasteiger partial charge in [0.1, 0.15) is 12.5 Å². The van der Waals surface area contributed by atoms with Crippen molar-refractivity contribution in [2.45, 2.75) is 82.8 Å². The first kappa shape index (κ1) is 29.7. The van der Waals surface area contributed by atoms with Crippen LogP contribution in [0.1, 0.15) is 38.2 Å². The molecule has 2 unspecified atom stereocenters. The van der Waals surface area contributed by atoms with Crippen LogP contribution in [0.3, 0.4) is 0 Å². The van der Waals surface area contributed by atoms with Crippen molar-refractivity contribution < 1.29 is 19.3 Å². The van der Waals surface area contributed by atoms with E-state index in [0.717, 1.165) is 48.0 Å². The molecule has 11 nitrogen and oxygen atoms in total. The molecular formula is C30H47N7O4Si. The van der Waals surface area contributed by atoms with Crippen molar-refractivity contribution in [3.63, 3.8) is 0 Å². The molecule has 3 N–H and O–H groups in total. The highest BCUT2D eigenvalue weighted by Gasteiger charge is 2.51. The highest BCUT2D eigenvalue weighted by Crippen LogP contribution is 2.53. The molecule has 0 radical (unpaired) electrons. The van der Waals surface area contributed by atoms with Gasteiger partial charge in [0, 0.05) is 39.2 Å². The zero-order valence-corrected chi connectivity index (χ0v) is 26.5. The first-order valence-corrected chi connectivity index (χ1v) is 19.3. The Morgan fingerprint density at radius 1 is 1.17 bits per heavy atom. The lowest BCUT2D eigenvalue weighted by Gasteiger charge is -2.42. The fraction of sp³-hybridized carbons (Fsp3) is 0.700. The third kappa shape index (κ3) is 5.89. The van der Waals surface area contributed by atoms with Crippen molar-refractivity contribution in [1.82, 2.24) is 24.5 Å². The molecule has 0 spiro atoms. The van der Waals surface area contributed by atoms with Gasteiger partial charge in [0.2, 0.25) is 0 Å². The largest absolute Gasteiger partial charge is 0.385 e. The Bertz CT molecular complexity index is 1360. The van der Waals surface area contributed by atoms with Crippen molar-refractivity contribution in [3.8, 4) is 5.82 Å². The van der Waals surface area contributed by atoms with Crippen molar-refractivity contribution in [2.75, 3.05) is 44.4 Å². The van der Waals surface area contributed by atoms with E-state index in [1.54, 1.807) is 6.20 Å². The van der Waals surface area contributed by atoms with Crippen molar-refractivity contribution in [2.24, 2.45) is 17.6 Å². The summed E-state index contributed by atoms with van der Waals surface area (Å²) in [6.45, 7) is 13.4. The van der Waals surface area contributed by atoms with E-state index in [1.165, 1.54) is 0 Å². The van der Waals surface area contributed by atoms with E-state index in [9.17, 15) is 5.11 Å². The molecule has 3 aromatic heterocycles. The highest BCUT2D eigenvalue weighted by molar-refractivity contribution is 6.76. The van der Waals surface area contributed by atoms with Crippen molar-refractivity contribution in [3.05, 3.63) is 30.1 Å². The quantitative estimate of drug-likeness (QED) is 0.252. The zero-order chi connectivity index (χ0) is 29.5. The molecule has 4 heterocycles. The number of anilines is 1. The van der Waals surface area contributed by atoms with Crippen LogP contribution in [-0.2, 0) is 26.5 Å². The summed E-state index contributed by atoms with van der Waals surface area (Å²) in [5, 5.41) is 22.7. The number of hydrogen-bond acceptors (Lipinski definition) is 9. The topological polar surface area (TPSA) is 126 Å². The summed E-state index contributed by atoms with van der Waals surface area (Å²) in [6.07, 6.45) is 7.24. The van der Waals surface area contributed by atoms with Crippen molar-refractivity contribution in [1.29, 1.82) is 0 Å². The van der Waals surface area contributed by atoms with Gasteiger partial charge in [-0.15, -0.1) is 0 Å². The lowest BCUT2D eigenvalue weighted by Crippen LogP contribution is -2.45. The number of morpholine rings is 1. The Labute approximate surface area is 249 Å². The van der Waals surface area contributed by atoms with Crippen LogP contribution < -0.4 is 10.6 Å². The first-order chi connectivity index (χ1) is 20.2. The Morgan fingerprint density at radius 3 is 2.67 bits per heavy atom. The smallest absolute Gasteiger partial charge is 0.167 e. The van der Waals surface area contributed by atoms with Gasteiger partial charge in [-0.3, -0.25) is 0 Å². The average Bonchev–Trinajstić information content (AvgIpc) is 3.65. The number of nitrogens with zero attached hydrogens (tertiary/aromatic N) is 6. The Balaban J connectivity index is 1.37. The summed E-state index contributed by atoms with van der Waals surface area (Å²) in [6, 6.07) is 5.31. The molecule has 1 saturated heterocycles. The van der Waals surface area contributed by atoms with Crippen LogP contribution in [0.5, 0.6) is 0 Å². The summed E-state index contributed by atoms with van der Waals surface area (Å²) in [5.41, 5.74) is 6.37. The monoisotopic (exact) mass is 597 g/mol. The predicted molar refractivity (Wildman–Crippen MR) is 165 cm³/mol. The number of nitrogens with two attached hydrogens (primary N) is 1. The minimum atomic E-state index is -1.19. The number of aromatic nitrogens is 5. The van der Waals surface area contributed by atoms with Gasteiger partial charge in [0.05, 0.1) is 50.0 Å². The highest BCUT2D eigenvalue weighted by atomic mass is 28.3. The molecule has 0 aromatic carbocycles. The SMILES string of the molecule is C[C@@H]1COCCN1c1cc(C2(O)CC3CCC(C2)C3OCCN)c2cnn(-c3ccnn3COCC[Si](C)(C)C)c2n1. The van der Waals surface area contributed by atoms with Gasteiger partial charge in [-0.2, -0.15) is 14.9 Å². The second kappa shape index (κ2) is 12.0. The Kier molecular flexibility index (Phi) is 8.47. The van der Waals surface area contributed by atoms with Crippen LogP contribution in [0, 0.1) is 11.8 Å². The Hall–Kier alpha value is -2.35. The molecular weight excluding hydrogens is 550 g/mol. The number of rotatable bonds is 11. The summed E-state index contributed by atoms with van der Waals surface area (Å²) >= 11 is 0. The summed E-state index contributed by atoms with van der Waals surface area (Å²) in [7, 11) is -1.19. The van der Waals surface area contributed by atoms with Crippen LogP contribution in [0.4, 0.5) is 5.82 Å². The van der Waals surface area contributed by atoms with Gasteiger partial charge >= 0.3 is 0 Å². The van der Waals surface area contributed by atoms with Crippen LogP contribution in [0.15, 0.2) is 24.5 Å². The molecule has 3 atom stereocenters. The average molecular weight is 598 g/mol. The number of aliphatic hydroxyl groups is 1. The molecule has 3 aliphatic rings. The van der Waals surface area contributed by atoms with Crippen LogP contribution >= 0.6 is 0 Å². The molecule has 12 heteroatoms. The molecule has 3 fully saturated rings. The van der Waals surface area contributed by atoms with E-state index in [0.29, 0.717) is 70.0 Å². The molecule has 2 aliphatic carbocycles. The summed E-state index contributed by atoms with van der Waals surface area (Å²) < 4.78 is 21.6. The van der Waals surface area contributed by atoms with E-state index < -0.39 is 13.7 Å². The minimum Gasteiger partial charge on any atom is -0.385 e. The molecule has 230 valence electrons. The van der Waals surface area contributed by atoms with Gasteiger partial charge in [-0.05, 0) is 62.1 Å². The number of pyridine rings is 1. The maximum atomic E-state index is 12.4. The number of fused-ring (bicyclic) bond motifs is 3. The number of ether oxygens (including phenoxy) is 3. The fourth-order valence-corrected chi connectivity index (χ4v) is 7.87. The second-order valence-electron chi connectivity index (χ2n) is 13.6. The minimum absolute atomic E-state index is 0.169. The maximum Gasteiger partial charge on any atom is 0.167 e. The first-order valence-electron chi connectivity index (χ1n) is 15.5. The lowest BCUT2D eigenvalue weighted by atomic mass is 9.72. The third-order valence-electron chi connectivity index (χ3n) is 9.28. The maximum absolute atomic E-state index is 12.4. The molecule has 1 aliphatic heterocycles. The molecule has 2 bridgehead atoms. The molecule has 2 saturated carbocycles. The lowest BCUT2D eigenvalue weighted by molar-refractivity contribution is -0.0986. The van der Waals surface area contributed by atoms with Gasteiger partial charge < -0.3 is 30.0 Å². The van der Waals surface area contributed by atoms with Crippen LogP contribution in [0.25, 0.3) is 16.9 Å². The van der Waals surface area contributed by atoms with E-state index in [-0.39, 0.29) is 12.1 Å². The van der Waals surface area contributed by atoms with Crippen LogP contribution in [0.2, 0.25) is 25.7 Å². The summed E-state index contributed by atoms with van der Waals surface area (Å²) in [4.78, 5) is 7.46. The third-order valence-corrected chi connectivity index (χ3v) is 11.0. The zero-order valence-electron chi connectivity index (χ0n) is 25.5. The number of hydrogen-bond donors (Lipinski definition) is 2. The van der Waals surface area contributed by atoms with E-state index in [4.69, 9.17) is 30.0 Å². The van der Waals surface area contributed by atoms with Crippen LogP contribution in [-0.4, -0.2) is 89.4 Å². The van der Waals surface area contributed by atoms with Crippen molar-refractivity contribution >= 4 is 24.9 Å².